The second-order valence-electron chi connectivity index (χ2n) is 8.19. The summed E-state index contributed by atoms with van der Waals surface area (Å²) in [5, 5.41) is 0. The second-order valence-corrected chi connectivity index (χ2v) is 9.86. The molecule has 0 radical (unpaired) electrons. The maximum absolute atomic E-state index is 12.8. The summed E-state index contributed by atoms with van der Waals surface area (Å²) in [5.74, 6) is 0. The summed E-state index contributed by atoms with van der Waals surface area (Å²) < 4.78 is 63.6. The molecule has 2 aliphatic rings. The molecule has 0 aliphatic carbocycles. The third-order valence-corrected chi connectivity index (χ3v) is 6.56. The Hall–Kier alpha value is -1.44. The lowest BCUT2D eigenvalue weighted by Crippen LogP contribution is -2.45. The van der Waals surface area contributed by atoms with Gasteiger partial charge in [0.25, 0.3) is 0 Å². The number of rotatable bonds is 2. The Morgan fingerprint density at radius 2 is 1.60 bits per heavy atom. The van der Waals surface area contributed by atoms with Crippen molar-refractivity contribution in [2.24, 2.45) is 0 Å². The van der Waals surface area contributed by atoms with Gasteiger partial charge < -0.3 is 4.90 Å². The summed E-state index contributed by atoms with van der Waals surface area (Å²) in [6.07, 6.45) is 1.71. The fourth-order valence-electron chi connectivity index (χ4n) is 3.86. The molecule has 0 aromatic heterocycles. The first kappa shape index (κ1) is 18.4. The highest BCUT2D eigenvalue weighted by Crippen LogP contribution is 2.51. The van der Waals surface area contributed by atoms with Crippen LogP contribution in [0.2, 0.25) is 0 Å². The first-order chi connectivity index (χ1) is 11.3. The summed E-state index contributed by atoms with van der Waals surface area (Å²) in [6, 6.07) is 3.25. The largest absolute Gasteiger partial charge is 0.516 e. The number of halogens is 3. The van der Waals surface area contributed by atoms with E-state index in [-0.39, 0.29) is 11.1 Å². The van der Waals surface area contributed by atoms with E-state index >= 15 is 0 Å². The molecule has 1 N–H and O–H groups in total. The average Bonchev–Trinajstić information content (AvgIpc) is 2.43. The van der Waals surface area contributed by atoms with Gasteiger partial charge >= 0.3 is 15.5 Å². The van der Waals surface area contributed by atoms with Gasteiger partial charge in [0.15, 0.2) is 0 Å². The smallest absolute Gasteiger partial charge is 0.371 e. The zero-order valence-corrected chi connectivity index (χ0v) is 15.6. The first-order valence-corrected chi connectivity index (χ1v) is 9.77. The van der Waals surface area contributed by atoms with E-state index in [2.05, 4.69) is 18.7 Å². The molecule has 25 heavy (non-hydrogen) atoms. The highest BCUT2D eigenvalue weighted by atomic mass is 32.2. The Bertz CT molecular complexity index is 812. The number of sulfonamides is 1. The minimum absolute atomic E-state index is 0.0310. The van der Waals surface area contributed by atoms with E-state index in [1.54, 1.807) is 10.8 Å². The second kappa shape index (κ2) is 5.28. The molecule has 0 saturated carbocycles. The summed E-state index contributed by atoms with van der Waals surface area (Å²) in [5.41, 5.74) is -3.20. The molecule has 0 saturated heterocycles. The number of nitrogens with one attached hydrogen (secondary N) is 1. The molecule has 0 fully saturated rings. The number of nitrogens with zero attached hydrogens (tertiary/aromatic N) is 1. The van der Waals surface area contributed by atoms with Crippen molar-refractivity contribution in [1.29, 1.82) is 0 Å². The maximum Gasteiger partial charge on any atom is 0.516 e. The van der Waals surface area contributed by atoms with Crippen molar-refractivity contribution in [3.05, 3.63) is 23.3 Å². The molecule has 1 aromatic rings. The van der Waals surface area contributed by atoms with Gasteiger partial charge in [-0.3, -0.25) is 4.72 Å². The van der Waals surface area contributed by atoms with Crippen LogP contribution in [0, 0.1) is 0 Å². The van der Waals surface area contributed by atoms with Crippen LogP contribution in [-0.2, 0) is 20.9 Å². The molecular formula is C17H23F3N2O2S. The molecule has 0 bridgehead atoms. The van der Waals surface area contributed by atoms with Crippen LogP contribution in [0.15, 0.2) is 12.1 Å². The summed E-state index contributed by atoms with van der Waals surface area (Å²) in [4.78, 5) is 2.17. The maximum atomic E-state index is 12.8. The molecule has 0 amide bonds. The van der Waals surface area contributed by atoms with Gasteiger partial charge in [-0.2, -0.15) is 21.6 Å². The third-order valence-electron chi connectivity index (χ3n) is 5.46. The van der Waals surface area contributed by atoms with Crippen molar-refractivity contribution < 1.29 is 21.6 Å². The van der Waals surface area contributed by atoms with E-state index in [1.165, 1.54) is 6.07 Å². The monoisotopic (exact) mass is 376 g/mol. The zero-order valence-electron chi connectivity index (χ0n) is 14.8. The molecule has 0 atom stereocenters. The van der Waals surface area contributed by atoms with E-state index in [0.29, 0.717) is 5.56 Å². The number of hydrogen-bond acceptors (Lipinski definition) is 3. The van der Waals surface area contributed by atoms with E-state index in [4.69, 9.17) is 0 Å². The van der Waals surface area contributed by atoms with Gasteiger partial charge in [-0.1, -0.05) is 33.8 Å². The Labute approximate surface area is 146 Å². The van der Waals surface area contributed by atoms with Crippen molar-refractivity contribution in [2.45, 2.75) is 56.9 Å². The van der Waals surface area contributed by atoms with Gasteiger partial charge in [-0.15, -0.1) is 0 Å². The predicted molar refractivity (Wildman–Crippen MR) is 92.5 cm³/mol. The standard InChI is InChI=1S/C17H23F3N2O2S/c1-15(2)7-9-22-10-8-16(3,4)13-12(6-5-11(15)14(13)22)21-25(23,24)17(18,19)20/h5-6,21H,7-10H2,1-4H3. The van der Waals surface area contributed by atoms with Crippen LogP contribution < -0.4 is 9.62 Å². The molecule has 4 nitrogen and oxygen atoms in total. The van der Waals surface area contributed by atoms with Crippen molar-refractivity contribution in [3.8, 4) is 0 Å². The molecule has 140 valence electrons. The third kappa shape index (κ3) is 2.88. The van der Waals surface area contributed by atoms with Gasteiger partial charge in [-0.05, 0) is 35.3 Å². The SMILES string of the molecule is CC1(C)CCN2CCC(C)(C)c3c(NS(=O)(=O)C(F)(F)F)ccc1c32. The minimum Gasteiger partial charge on any atom is -0.371 e. The van der Waals surface area contributed by atoms with E-state index in [0.717, 1.165) is 37.2 Å². The Kier molecular flexibility index (Phi) is 3.88. The van der Waals surface area contributed by atoms with Gasteiger partial charge in [0.1, 0.15) is 0 Å². The Balaban J connectivity index is 2.23. The van der Waals surface area contributed by atoms with Crippen molar-refractivity contribution in [2.75, 3.05) is 22.7 Å². The van der Waals surface area contributed by atoms with Crippen LogP contribution >= 0.6 is 0 Å². The van der Waals surface area contributed by atoms with Crippen LogP contribution in [0.4, 0.5) is 24.5 Å². The topological polar surface area (TPSA) is 49.4 Å². The highest BCUT2D eigenvalue weighted by molar-refractivity contribution is 7.93. The van der Waals surface area contributed by atoms with Crippen molar-refractivity contribution in [3.63, 3.8) is 0 Å². The number of hydrogen-bond donors (Lipinski definition) is 1. The fourth-order valence-corrected chi connectivity index (χ4v) is 4.44. The number of anilines is 2. The van der Waals surface area contributed by atoms with E-state index < -0.39 is 20.9 Å². The average molecular weight is 376 g/mol. The van der Waals surface area contributed by atoms with Crippen LogP contribution in [0.5, 0.6) is 0 Å². The molecule has 2 heterocycles. The van der Waals surface area contributed by atoms with E-state index in [9.17, 15) is 21.6 Å². The lowest BCUT2D eigenvalue weighted by molar-refractivity contribution is -0.0429. The highest BCUT2D eigenvalue weighted by Gasteiger charge is 2.48. The molecule has 1 aromatic carbocycles. The quantitative estimate of drug-likeness (QED) is 0.845. The minimum atomic E-state index is -5.45. The van der Waals surface area contributed by atoms with E-state index in [1.807, 2.05) is 13.8 Å². The van der Waals surface area contributed by atoms with Gasteiger partial charge in [0.05, 0.1) is 5.69 Å². The van der Waals surface area contributed by atoms with Gasteiger partial charge in [0, 0.05) is 24.3 Å². The summed E-state index contributed by atoms with van der Waals surface area (Å²) in [6.45, 7) is 9.76. The molecule has 3 rings (SSSR count). The molecule has 2 aliphatic heterocycles. The van der Waals surface area contributed by atoms with Crippen molar-refractivity contribution in [1.82, 2.24) is 0 Å². The molecule has 0 spiro atoms. The normalized spacial score (nSPS) is 21.6. The lowest BCUT2D eigenvalue weighted by Gasteiger charge is -2.48. The van der Waals surface area contributed by atoms with Crippen LogP contribution in [0.1, 0.15) is 51.7 Å². The number of benzene rings is 1. The number of alkyl halides is 3. The van der Waals surface area contributed by atoms with Crippen LogP contribution in [0.25, 0.3) is 0 Å². The Morgan fingerprint density at radius 1 is 1.04 bits per heavy atom. The zero-order chi connectivity index (χ0) is 18.8. The van der Waals surface area contributed by atoms with Gasteiger partial charge in [-0.25, -0.2) is 0 Å². The van der Waals surface area contributed by atoms with Crippen LogP contribution in [-0.4, -0.2) is 27.0 Å². The fraction of sp³-hybridized carbons (Fsp3) is 0.647. The summed E-state index contributed by atoms with van der Waals surface area (Å²) >= 11 is 0. The van der Waals surface area contributed by atoms with Gasteiger partial charge in [0.2, 0.25) is 0 Å². The first-order valence-electron chi connectivity index (χ1n) is 8.28. The van der Waals surface area contributed by atoms with Crippen LogP contribution in [0.3, 0.4) is 0 Å². The molecule has 0 unspecified atom stereocenters. The Morgan fingerprint density at radius 3 is 2.16 bits per heavy atom. The summed E-state index contributed by atoms with van der Waals surface area (Å²) in [7, 11) is -5.45. The van der Waals surface area contributed by atoms with Crippen molar-refractivity contribution >= 4 is 21.4 Å². The lowest BCUT2D eigenvalue weighted by atomic mass is 9.69. The molecule has 8 heteroatoms. The molecular weight excluding hydrogens is 353 g/mol. The predicted octanol–water partition coefficient (Wildman–Crippen LogP) is 4.12.